The highest BCUT2D eigenvalue weighted by Crippen LogP contribution is 2.54. The number of sulfonamides is 1. The molecule has 2 aliphatic heterocycles. The van der Waals surface area contributed by atoms with E-state index < -0.39 is 38.9 Å². The predicted octanol–water partition coefficient (Wildman–Crippen LogP) is 6.93. The van der Waals surface area contributed by atoms with Gasteiger partial charge in [0.25, 0.3) is 0 Å². The van der Waals surface area contributed by atoms with Gasteiger partial charge in [0.15, 0.2) is 0 Å². The van der Waals surface area contributed by atoms with E-state index in [2.05, 4.69) is 9.95 Å². The predicted molar refractivity (Wildman–Crippen MR) is 214 cm³/mol. The van der Waals surface area contributed by atoms with Crippen LogP contribution in [0.5, 0.6) is 5.75 Å². The van der Waals surface area contributed by atoms with Gasteiger partial charge in [-0.05, 0) is 83.0 Å². The van der Waals surface area contributed by atoms with E-state index in [4.69, 9.17) is 55.5 Å². The number of aliphatic imine (C=N–C) groups is 1. The molecule has 2 aliphatic rings. The number of amides is 2. The second-order valence-electron chi connectivity index (χ2n) is 14.6. The molecule has 2 amide bonds. The average Bonchev–Trinajstić information content (AvgIpc) is 3.37. The lowest BCUT2D eigenvalue weighted by molar-refractivity contribution is -0.0323. The van der Waals surface area contributed by atoms with Crippen LogP contribution in [0.25, 0.3) is 0 Å². The van der Waals surface area contributed by atoms with Gasteiger partial charge in [-0.1, -0.05) is 64.3 Å². The highest BCUT2D eigenvalue weighted by Gasteiger charge is 2.60. The summed E-state index contributed by atoms with van der Waals surface area (Å²) < 4.78 is 36.5. The van der Waals surface area contributed by atoms with E-state index in [1.807, 2.05) is 38.1 Å². The van der Waals surface area contributed by atoms with Gasteiger partial charge in [-0.25, -0.2) is 22.9 Å². The topological polar surface area (TPSA) is 178 Å². The molecule has 55 heavy (non-hydrogen) atoms. The first kappa shape index (κ1) is 42.3. The monoisotopic (exact) mass is 833 g/mol. The van der Waals surface area contributed by atoms with Crippen LogP contribution in [0.1, 0.15) is 58.2 Å². The molecule has 1 fully saturated rings. The van der Waals surface area contributed by atoms with E-state index in [9.17, 15) is 13.5 Å². The maximum absolute atomic E-state index is 15.3. The van der Waals surface area contributed by atoms with Gasteiger partial charge in [-0.2, -0.15) is 5.53 Å². The summed E-state index contributed by atoms with van der Waals surface area (Å²) in [6, 6.07) is 16.7. The third-order valence-corrected chi connectivity index (χ3v) is 12.6. The van der Waals surface area contributed by atoms with Gasteiger partial charge >= 0.3 is 6.03 Å². The molecule has 0 aromatic heterocycles. The Hall–Kier alpha value is -3.83. The molecule has 0 bridgehead atoms. The highest BCUT2D eigenvalue weighted by atomic mass is 35.5. The molecule has 3 aromatic carbocycles. The Kier molecular flexibility index (Phi) is 12.6. The normalized spacial score (nSPS) is 21.2. The van der Waals surface area contributed by atoms with Crippen LogP contribution in [-0.4, -0.2) is 103 Å². The minimum absolute atomic E-state index is 0.0733. The van der Waals surface area contributed by atoms with Crippen LogP contribution in [-0.2, 0) is 21.1 Å². The van der Waals surface area contributed by atoms with Crippen molar-refractivity contribution in [2.75, 3.05) is 39.3 Å². The molecule has 296 valence electrons. The molecular weight excluding hydrogens is 789 g/mol. The van der Waals surface area contributed by atoms with E-state index in [0.29, 0.717) is 15.6 Å². The lowest BCUT2D eigenvalue weighted by Crippen LogP contribution is -2.61. The SMILES string of the molecule is CCOc1cc(Cl)c(S(=O)(=O)NC(C)(C)C)cc1C1=NC(C)(c2ccc(Cl)cc2)C(C)(c2ccc(Cl)cc2)N1C(=O)N1CCN(C(O)CN(C=N)N=N)CC1. The fraction of sp³-hybridized carbons (Fsp3) is 0.432. The smallest absolute Gasteiger partial charge is 0.326 e. The molecule has 1 saturated heterocycles. The summed E-state index contributed by atoms with van der Waals surface area (Å²) in [4.78, 5) is 25.5. The maximum Gasteiger partial charge on any atom is 0.326 e. The van der Waals surface area contributed by atoms with Gasteiger partial charge in [0, 0.05) is 47.8 Å². The average molecular weight is 835 g/mol. The fourth-order valence-electron chi connectivity index (χ4n) is 6.97. The summed E-state index contributed by atoms with van der Waals surface area (Å²) in [5.74, 6) is 0.370. The molecule has 3 atom stereocenters. The zero-order valence-electron chi connectivity index (χ0n) is 31.5. The molecule has 5 rings (SSSR count). The molecule has 0 radical (unpaired) electrons. The number of halogens is 3. The number of hydrogen-bond acceptors (Lipinski definition) is 10. The zero-order chi connectivity index (χ0) is 40.5. The number of carbonyl (C=O) groups is 1. The quantitative estimate of drug-likeness (QED) is 0.0662. The molecular formula is C37H46Cl3N9O5S. The lowest BCUT2D eigenvalue weighted by atomic mass is 9.71. The van der Waals surface area contributed by atoms with Gasteiger partial charge in [0.2, 0.25) is 10.0 Å². The van der Waals surface area contributed by atoms with Gasteiger partial charge in [-0.3, -0.25) is 20.2 Å². The zero-order valence-corrected chi connectivity index (χ0v) is 34.6. The van der Waals surface area contributed by atoms with Crippen molar-refractivity contribution in [1.82, 2.24) is 24.4 Å². The first-order valence-corrected chi connectivity index (χ1v) is 20.2. The third kappa shape index (κ3) is 8.48. The number of aliphatic hydroxyl groups excluding tert-OH is 1. The van der Waals surface area contributed by atoms with Crippen LogP contribution in [0, 0.1) is 10.9 Å². The lowest BCUT2D eigenvalue weighted by Gasteiger charge is -2.47. The van der Waals surface area contributed by atoms with E-state index in [-0.39, 0.29) is 66.4 Å². The summed E-state index contributed by atoms with van der Waals surface area (Å²) >= 11 is 19.5. The number of aliphatic hydroxyl groups is 1. The molecule has 0 spiro atoms. The number of nitrogens with one attached hydrogen (secondary N) is 3. The minimum atomic E-state index is -4.19. The van der Waals surface area contributed by atoms with Crippen LogP contribution < -0.4 is 9.46 Å². The van der Waals surface area contributed by atoms with Gasteiger partial charge in [0.05, 0.1) is 23.7 Å². The van der Waals surface area contributed by atoms with Crippen molar-refractivity contribution in [2.45, 2.75) is 69.3 Å². The summed E-state index contributed by atoms with van der Waals surface area (Å²) in [5, 5.41) is 23.4. The van der Waals surface area contributed by atoms with E-state index in [0.717, 1.165) is 16.9 Å². The van der Waals surface area contributed by atoms with Crippen molar-refractivity contribution in [3.8, 4) is 5.75 Å². The minimum Gasteiger partial charge on any atom is -0.493 e. The van der Waals surface area contributed by atoms with Crippen molar-refractivity contribution in [3.63, 3.8) is 0 Å². The van der Waals surface area contributed by atoms with Crippen LogP contribution in [0.15, 0.2) is 75.8 Å². The highest BCUT2D eigenvalue weighted by molar-refractivity contribution is 7.89. The molecule has 2 heterocycles. The molecule has 3 aromatic rings. The van der Waals surface area contributed by atoms with Crippen molar-refractivity contribution >= 4 is 63.0 Å². The summed E-state index contributed by atoms with van der Waals surface area (Å²) in [5.41, 5.74) is 5.55. The van der Waals surface area contributed by atoms with Crippen molar-refractivity contribution in [2.24, 2.45) is 10.2 Å². The van der Waals surface area contributed by atoms with E-state index in [1.54, 1.807) is 66.7 Å². The van der Waals surface area contributed by atoms with Crippen LogP contribution in [0.2, 0.25) is 15.1 Å². The standard InChI is InChI=1S/C37H46Cl3N9O5S/c1-7-54-30-21-29(40)31(55(52,53)44-35(2,3)4)20-28(30)33-43-36(5,24-8-12-26(38)13-9-24)37(6,25-10-14-27(39)15-11-25)49(33)34(51)47-18-16-46(17-19-47)32(50)22-48(23-41)45-42/h8-15,20-21,23,32,41-42,44,50H,7,16-19,22H2,1-6H3. The summed E-state index contributed by atoms with van der Waals surface area (Å²) in [6.07, 6.45) is -0.197. The summed E-state index contributed by atoms with van der Waals surface area (Å²) in [6.45, 7) is 11.8. The second kappa shape index (κ2) is 16.3. The van der Waals surface area contributed by atoms with E-state index in [1.165, 1.54) is 12.1 Å². The number of carbonyl (C=O) groups excluding carboxylic acids is 1. The number of ether oxygens (including phenoxy) is 1. The van der Waals surface area contributed by atoms with Gasteiger partial charge in [0.1, 0.15) is 40.1 Å². The van der Waals surface area contributed by atoms with Gasteiger partial charge < -0.3 is 14.7 Å². The van der Waals surface area contributed by atoms with Crippen molar-refractivity contribution < 1.29 is 23.1 Å². The molecule has 18 heteroatoms. The fourth-order valence-corrected chi connectivity index (χ4v) is 9.19. The third-order valence-electron chi connectivity index (χ3n) is 9.88. The maximum atomic E-state index is 15.3. The Morgan fingerprint density at radius 3 is 2.11 bits per heavy atom. The number of benzene rings is 3. The molecule has 3 unspecified atom stereocenters. The van der Waals surface area contributed by atoms with Gasteiger partial charge in [-0.15, -0.1) is 0 Å². The number of urea groups is 1. The van der Waals surface area contributed by atoms with Crippen molar-refractivity contribution in [1.29, 1.82) is 10.9 Å². The summed E-state index contributed by atoms with van der Waals surface area (Å²) in [7, 11) is -4.19. The number of rotatable bonds is 12. The Labute approximate surface area is 337 Å². The van der Waals surface area contributed by atoms with Crippen molar-refractivity contribution in [3.05, 3.63) is 92.4 Å². The molecule has 4 N–H and O–H groups in total. The van der Waals surface area contributed by atoms with Crippen LogP contribution in [0.4, 0.5) is 4.79 Å². The van der Waals surface area contributed by atoms with E-state index >= 15 is 4.79 Å². The Morgan fingerprint density at radius 2 is 1.60 bits per heavy atom. The molecule has 14 nitrogen and oxygen atoms in total. The first-order valence-electron chi connectivity index (χ1n) is 17.6. The number of hydrogen-bond donors (Lipinski definition) is 4. The number of nitrogens with zero attached hydrogens (tertiary/aromatic N) is 6. The Bertz CT molecular complexity index is 2050. The molecule has 0 aliphatic carbocycles. The molecule has 0 saturated carbocycles. The number of amidine groups is 1. The second-order valence-corrected chi connectivity index (χ2v) is 17.6. The first-order chi connectivity index (χ1) is 25.8. The van der Waals surface area contributed by atoms with Crippen LogP contribution in [0.3, 0.4) is 0 Å². The Morgan fingerprint density at radius 1 is 1.04 bits per heavy atom. The van der Waals surface area contributed by atoms with Crippen LogP contribution >= 0.6 is 34.8 Å². The largest absolute Gasteiger partial charge is 0.493 e. The Balaban J connectivity index is 1.73. The number of piperazine rings is 1.